The minimum atomic E-state index is -4.62. The van der Waals surface area contributed by atoms with Crippen LogP contribution >= 0.6 is 7.82 Å². The van der Waals surface area contributed by atoms with Crippen LogP contribution in [-0.2, 0) is 32.7 Å². The van der Waals surface area contributed by atoms with Gasteiger partial charge < -0.3 is 27.9 Å². The first-order chi connectivity index (χ1) is 28.0. The standard InChI is InChI=1S/C48H94NO8P/c1-6-8-10-12-14-16-17-18-19-20-21-22-23-24-25-26-27-28-29-30-31-33-35-37-39-41-48(51)57-46(45-56-58(52,53)55-43-42-49(3,4)5)44-54-47(50)40-38-36-34-32-15-13-11-9-7-2/h20-21,46H,6-19,22-45H2,1-5H3/b21-20-. The summed E-state index contributed by atoms with van der Waals surface area (Å²) in [6.07, 6.45) is 44.0. The zero-order valence-corrected chi connectivity index (χ0v) is 39.7. The van der Waals surface area contributed by atoms with E-state index in [1.807, 2.05) is 21.1 Å². The number of hydrogen-bond donors (Lipinski definition) is 0. The quantitative estimate of drug-likeness (QED) is 0.0196. The van der Waals surface area contributed by atoms with Crippen molar-refractivity contribution >= 4 is 19.8 Å². The SMILES string of the molecule is CCCCCCCCCC/C=C\CCCCCCCCCCCCCCCC(=O)OC(COC(=O)CCCCCCCCCCC)COP(=O)([O-])OCC[N+](C)(C)C. The Kier molecular flexibility index (Phi) is 40.2. The molecule has 58 heavy (non-hydrogen) atoms. The summed E-state index contributed by atoms with van der Waals surface area (Å²) in [6.45, 7) is 4.23. The number of carbonyl (C=O) groups excluding carboxylic acids is 2. The molecule has 0 saturated carbocycles. The van der Waals surface area contributed by atoms with E-state index in [9.17, 15) is 19.0 Å². The summed E-state index contributed by atoms with van der Waals surface area (Å²) in [5.74, 6) is -0.826. The first-order valence-corrected chi connectivity index (χ1v) is 25.9. The highest BCUT2D eigenvalue weighted by Crippen LogP contribution is 2.38. The molecule has 0 aliphatic rings. The third kappa shape index (κ3) is 44.3. The molecular formula is C48H94NO8P. The molecule has 0 aliphatic heterocycles. The van der Waals surface area contributed by atoms with Crippen LogP contribution in [0.2, 0.25) is 0 Å². The van der Waals surface area contributed by atoms with Crippen LogP contribution in [0.15, 0.2) is 12.2 Å². The van der Waals surface area contributed by atoms with Gasteiger partial charge in [0.15, 0.2) is 6.10 Å². The van der Waals surface area contributed by atoms with E-state index in [2.05, 4.69) is 26.0 Å². The van der Waals surface area contributed by atoms with E-state index >= 15 is 0 Å². The number of rotatable bonds is 45. The van der Waals surface area contributed by atoms with Crippen LogP contribution in [0, 0.1) is 0 Å². The summed E-state index contributed by atoms with van der Waals surface area (Å²) in [6, 6.07) is 0. The minimum Gasteiger partial charge on any atom is -0.756 e. The minimum absolute atomic E-state index is 0.0274. The number of carbonyl (C=O) groups is 2. The molecule has 2 unspecified atom stereocenters. The predicted molar refractivity (Wildman–Crippen MR) is 241 cm³/mol. The Bertz CT molecular complexity index is 1000. The summed E-state index contributed by atoms with van der Waals surface area (Å²) in [5.41, 5.74) is 0. The lowest BCUT2D eigenvalue weighted by Crippen LogP contribution is -2.37. The van der Waals surface area contributed by atoms with Gasteiger partial charge in [0.1, 0.15) is 19.8 Å². The monoisotopic (exact) mass is 844 g/mol. The van der Waals surface area contributed by atoms with Crippen molar-refractivity contribution in [3.8, 4) is 0 Å². The molecule has 0 aromatic heterocycles. The highest BCUT2D eigenvalue weighted by Gasteiger charge is 2.21. The first-order valence-electron chi connectivity index (χ1n) is 24.4. The summed E-state index contributed by atoms with van der Waals surface area (Å²) >= 11 is 0. The molecule has 0 spiro atoms. The molecule has 9 nitrogen and oxygen atoms in total. The molecule has 0 aliphatic carbocycles. The van der Waals surface area contributed by atoms with Gasteiger partial charge in [-0.1, -0.05) is 193 Å². The summed E-state index contributed by atoms with van der Waals surface area (Å²) < 4.78 is 33.9. The number of quaternary nitrogens is 1. The van der Waals surface area contributed by atoms with Gasteiger partial charge in [-0.05, 0) is 38.5 Å². The van der Waals surface area contributed by atoms with Crippen LogP contribution < -0.4 is 4.89 Å². The molecule has 0 N–H and O–H groups in total. The normalized spacial score (nSPS) is 13.6. The topological polar surface area (TPSA) is 111 Å². The number of hydrogen-bond acceptors (Lipinski definition) is 8. The Hall–Kier alpha value is -1.25. The van der Waals surface area contributed by atoms with Gasteiger partial charge in [-0.25, -0.2) is 0 Å². The molecular weight excluding hydrogens is 750 g/mol. The van der Waals surface area contributed by atoms with Crippen molar-refractivity contribution in [1.82, 2.24) is 0 Å². The highest BCUT2D eigenvalue weighted by molar-refractivity contribution is 7.45. The fourth-order valence-electron chi connectivity index (χ4n) is 6.95. The summed E-state index contributed by atoms with van der Waals surface area (Å²) in [7, 11) is 1.18. The van der Waals surface area contributed by atoms with E-state index in [1.165, 1.54) is 167 Å². The molecule has 10 heteroatoms. The van der Waals surface area contributed by atoms with Crippen molar-refractivity contribution in [2.24, 2.45) is 0 Å². The van der Waals surface area contributed by atoms with Crippen LogP contribution in [0.1, 0.15) is 232 Å². The van der Waals surface area contributed by atoms with E-state index < -0.39 is 26.5 Å². The molecule has 0 amide bonds. The van der Waals surface area contributed by atoms with Crippen LogP contribution in [-0.4, -0.2) is 70.0 Å². The molecule has 0 bridgehead atoms. The van der Waals surface area contributed by atoms with E-state index in [1.54, 1.807) is 0 Å². The van der Waals surface area contributed by atoms with Crippen molar-refractivity contribution in [2.45, 2.75) is 238 Å². The van der Waals surface area contributed by atoms with Gasteiger partial charge in [0.05, 0.1) is 27.7 Å². The number of ether oxygens (including phenoxy) is 2. The molecule has 0 rings (SSSR count). The average molecular weight is 844 g/mol. The molecule has 0 aromatic carbocycles. The molecule has 0 heterocycles. The maximum Gasteiger partial charge on any atom is 0.306 e. The third-order valence-corrected chi connectivity index (χ3v) is 11.7. The predicted octanol–water partition coefficient (Wildman–Crippen LogP) is 13.5. The second-order valence-electron chi connectivity index (χ2n) is 17.8. The van der Waals surface area contributed by atoms with Gasteiger partial charge in [0.25, 0.3) is 7.82 Å². The number of nitrogens with zero attached hydrogens (tertiary/aromatic N) is 1. The maximum absolute atomic E-state index is 12.7. The Morgan fingerprint density at radius 3 is 1.28 bits per heavy atom. The van der Waals surface area contributed by atoms with Crippen molar-refractivity contribution in [1.29, 1.82) is 0 Å². The van der Waals surface area contributed by atoms with E-state index in [-0.39, 0.29) is 32.0 Å². The highest BCUT2D eigenvalue weighted by atomic mass is 31.2. The number of unbranched alkanes of at least 4 members (excludes halogenated alkanes) is 29. The lowest BCUT2D eigenvalue weighted by molar-refractivity contribution is -0.870. The van der Waals surface area contributed by atoms with Gasteiger partial charge in [0, 0.05) is 12.8 Å². The number of phosphoric acid groups is 1. The molecule has 344 valence electrons. The second kappa shape index (κ2) is 41.1. The molecule has 0 saturated heterocycles. The van der Waals surface area contributed by atoms with Crippen LogP contribution in [0.4, 0.5) is 0 Å². The summed E-state index contributed by atoms with van der Waals surface area (Å²) in [5, 5.41) is 0. The maximum atomic E-state index is 12.7. The first kappa shape index (κ1) is 56.8. The fraction of sp³-hybridized carbons (Fsp3) is 0.917. The van der Waals surface area contributed by atoms with Gasteiger partial charge in [-0.2, -0.15) is 0 Å². The van der Waals surface area contributed by atoms with E-state index in [0.29, 0.717) is 17.4 Å². The lowest BCUT2D eigenvalue weighted by atomic mass is 10.0. The Balaban J connectivity index is 4.10. The van der Waals surface area contributed by atoms with Crippen LogP contribution in [0.5, 0.6) is 0 Å². The Morgan fingerprint density at radius 1 is 0.517 bits per heavy atom. The average Bonchev–Trinajstić information content (AvgIpc) is 3.17. The van der Waals surface area contributed by atoms with Gasteiger partial charge in [-0.3, -0.25) is 14.2 Å². The van der Waals surface area contributed by atoms with Gasteiger partial charge in [-0.15, -0.1) is 0 Å². The number of likely N-dealkylation sites (N-methyl/N-ethyl adjacent to an activating group) is 1. The van der Waals surface area contributed by atoms with Crippen LogP contribution in [0.3, 0.4) is 0 Å². The largest absolute Gasteiger partial charge is 0.756 e. The number of phosphoric ester groups is 1. The molecule has 0 fully saturated rings. The number of allylic oxidation sites excluding steroid dienone is 2. The van der Waals surface area contributed by atoms with Gasteiger partial charge >= 0.3 is 11.9 Å². The van der Waals surface area contributed by atoms with Crippen LogP contribution in [0.25, 0.3) is 0 Å². The smallest absolute Gasteiger partial charge is 0.306 e. The van der Waals surface area contributed by atoms with E-state index in [4.69, 9.17) is 18.5 Å². The van der Waals surface area contributed by atoms with Crippen molar-refractivity contribution in [3.05, 3.63) is 12.2 Å². The van der Waals surface area contributed by atoms with Gasteiger partial charge in [0.2, 0.25) is 0 Å². The second-order valence-corrected chi connectivity index (χ2v) is 19.2. The van der Waals surface area contributed by atoms with Crippen molar-refractivity contribution in [3.63, 3.8) is 0 Å². The zero-order valence-electron chi connectivity index (χ0n) is 38.8. The zero-order chi connectivity index (χ0) is 42.8. The molecule has 0 radical (unpaired) electrons. The molecule has 2 atom stereocenters. The Labute approximate surface area is 358 Å². The summed E-state index contributed by atoms with van der Waals surface area (Å²) in [4.78, 5) is 37.5. The van der Waals surface area contributed by atoms with Crippen molar-refractivity contribution in [2.75, 3.05) is 47.5 Å². The van der Waals surface area contributed by atoms with Crippen molar-refractivity contribution < 1.29 is 42.1 Å². The Morgan fingerprint density at radius 2 is 0.879 bits per heavy atom. The molecule has 0 aromatic rings. The fourth-order valence-corrected chi connectivity index (χ4v) is 7.67. The number of esters is 2. The lowest BCUT2D eigenvalue weighted by Gasteiger charge is -2.28. The third-order valence-electron chi connectivity index (χ3n) is 10.8. The van der Waals surface area contributed by atoms with E-state index in [0.717, 1.165) is 32.1 Å².